The molecule has 0 bridgehead atoms. The van der Waals surface area contributed by atoms with Gasteiger partial charge in [0.1, 0.15) is 11.6 Å². The third-order valence-corrected chi connectivity index (χ3v) is 1.99. The van der Waals surface area contributed by atoms with Crippen LogP contribution in [-0.2, 0) is 0 Å². The van der Waals surface area contributed by atoms with Gasteiger partial charge in [-0.3, -0.25) is 0 Å². The minimum absolute atomic E-state index is 0.305. The Kier molecular flexibility index (Phi) is 3.03. The summed E-state index contributed by atoms with van der Waals surface area (Å²) in [5.41, 5.74) is 0.305. The molecular weight excluding hydrogens is 228 g/mol. The molecule has 1 aromatic carbocycles. The van der Waals surface area contributed by atoms with E-state index in [2.05, 4.69) is 21.2 Å². The molecular formula is C8H8BrF2N. The fourth-order valence-corrected chi connectivity index (χ4v) is 1.44. The molecule has 0 aliphatic heterocycles. The highest BCUT2D eigenvalue weighted by atomic mass is 79.9. The average Bonchev–Trinajstić information content (AvgIpc) is 1.96. The molecule has 0 aliphatic carbocycles. The normalized spacial score (nSPS) is 10.0. The molecule has 0 spiro atoms. The van der Waals surface area contributed by atoms with Crippen molar-refractivity contribution in [3.8, 4) is 0 Å². The van der Waals surface area contributed by atoms with Crippen LogP contribution < -0.4 is 5.32 Å². The summed E-state index contributed by atoms with van der Waals surface area (Å²) in [6, 6.07) is 2.07. The van der Waals surface area contributed by atoms with Gasteiger partial charge in [-0.25, -0.2) is 8.78 Å². The fourth-order valence-electron chi connectivity index (χ4n) is 0.888. The SMILES string of the molecule is CCNc1c(F)cc(F)cc1Br. The Morgan fingerprint density at radius 3 is 2.58 bits per heavy atom. The van der Waals surface area contributed by atoms with Gasteiger partial charge in [-0.2, -0.15) is 0 Å². The van der Waals surface area contributed by atoms with E-state index < -0.39 is 11.6 Å². The number of anilines is 1. The molecule has 1 N–H and O–H groups in total. The first-order chi connectivity index (χ1) is 5.65. The molecule has 0 saturated heterocycles. The predicted molar refractivity (Wildman–Crippen MR) is 48.2 cm³/mol. The lowest BCUT2D eigenvalue weighted by Crippen LogP contribution is -2.00. The van der Waals surface area contributed by atoms with Gasteiger partial charge in [0.15, 0.2) is 0 Å². The molecule has 1 aromatic rings. The zero-order valence-electron chi connectivity index (χ0n) is 6.50. The van der Waals surface area contributed by atoms with Crippen molar-refractivity contribution in [2.75, 3.05) is 11.9 Å². The minimum atomic E-state index is -0.582. The first-order valence-corrected chi connectivity index (χ1v) is 4.33. The van der Waals surface area contributed by atoms with Crippen molar-refractivity contribution in [1.82, 2.24) is 0 Å². The van der Waals surface area contributed by atoms with Crippen molar-refractivity contribution in [2.45, 2.75) is 6.92 Å². The highest BCUT2D eigenvalue weighted by Gasteiger charge is 2.07. The summed E-state index contributed by atoms with van der Waals surface area (Å²) in [6.07, 6.45) is 0. The molecule has 66 valence electrons. The summed E-state index contributed by atoms with van der Waals surface area (Å²) in [5, 5.41) is 2.78. The summed E-state index contributed by atoms with van der Waals surface area (Å²) in [5.74, 6) is -1.16. The van der Waals surface area contributed by atoms with Crippen LogP contribution in [0.1, 0.15) is 6.92 Å². The van der Waals surface area contributed by atoms with Gasteiger partial charge >= 0.3 is 0 Å². The van der Waals surface area contributed by atoms with Gasteiger partial charge in [0.2, 0.25) is 0 Å². The minimum Gasteiger partial charge on any atom is -0.382 e. The number of rotatable bonds is 2. The van der Waals surface area contributed by atoms with E-state index in [9.17, 15) is 8.78 Å². The van der Waals surface area contributed by atoms with Crippen molar-refractivity contribution in [1.29, 1.82) is 0 Å². The van der Waals surface area contributed by atoms with Crippen LogP contribution >= 0.6 is 15.9 Å². The van der Waals surface area contributed by atoms with Crippen LogP contribution in [0.25, 0.3) is 0 Å². The standard InChI is InChI=1S/C8H8BrF2N/c1-2-12-8-6(9)3-5(10)4-7(8)11/h3-4,12H,2H2,1H3. The molecule has 0 radical (unpaired) electrons. The first-order valence-electron chi connectivity index (χ1n) is 3.53. The highest BCUT2D eigenvalue weighted by molar-refractivity contribution is 9.10. The molecule has 0 aliphatic rings. The summed E-state index contributed by atoms with van der Waals surface area (Å²) >= 11 is 3.06. The highest BCUT2D eigenvalue weighted by Crippen LogP contribution is 2.26. The van der Waals surface area contributed by atoms with E-state index in [0.29, 0.717) is 16.7 Å². The van der Waals surface area contributed by atoms with Crippen molar-refractivity contribution < 1.29 is 8.78 Å². The van der Waals surface area contributed by atoms with Gasteiger partial charge in [-0.15, -0.1) is 0 Å². The second-order valence-corrected chi connectivity index (χ2v) is 3.13. The predicted octanol–water partition coefficient (Wildman–Crippen LogP) is 3.16. The summed E-state index contributed by atoms with van der Waals surface area (Å²) in [6.45, 7) is 2.44. The van der Waals surface area contributed by atoms with E-state index in [0.717, 1.165) is 6.07 Å². The topological polar surface area (TPSA) is 12.0 Å². The van der Waals surface area contributed by atoms with E-state index in [1.165, 1.54) is 6.07 Å². The molecule has 0 unspecified atom stereocenters. The Morgan fingerprint density at radius 2 is 2.08 bits per heavy atom. The van der Waals surface area contributed by atoms with Crippen molar-refractivity contribution in [2.24, 2.45) is 0 Å². The number of hydrogen-bond donors (Lipinski definition) is 1. The van der Waals surface area contributed by atoms with E-state index in [1.54, 1.807) is 0 Å². The third-order valence-electron chi connectivity index (χ3n) is 1.36. The first kappa shape index (κ1) is 9.45. The maximum absolute atomic E-state index is 13.0. The Bertz CT molecular complexity index is 265. The lowest BCUT2D eigenvalue weighted by atomic mass is 10.3. The van der Waals surface area contributed by atoms with Crippen molar-refractivity contribution in [3.05, 3.63) is 28.2 Å². The molecule has 12 heavy (non-hydrogen) atoms. The summed E-state index contributed by atoms with van der Waals surface area (Å²) in [7, 11) is 0. The van der Waals surface area contributed by atoms with Crippen LogP contribution in [0.2, 0.25) is 0 Å². The zero-order valence-corrected chi connectivity index (χ0v) is 8.08. The van der Waals surface area contributed by atoms with Gasteiger partial charge in [0, 0.05) is 17.1 Å². The largest absolute Gasteiger partial charge is 0.382 e. The molecule has 0 aromatic heterocycles. The number of nitrogens with one attached hydrogen (secondary N) is 1. The van der Waals surface area contributed by atoms with Crippen LogP contribution in [0.15, 0.2) is 16.6 Å². The monoisotopic (exact) mass is 235 g/mol. The van der Waals surface area contributed by atoms with Gasteiger partial charge in [0.25, 0.3) is 0 Å². The quantitative estimate of drug-likeness (QED) is 0.831. The maximum atomic E-state index is 13.0. The van der Waals surface area contributed by atoms with Gasteiger partial charge in [-0.05, 0) is 28.9 Å². The van der Waals surface area contributed by atoms with E-state index >= 15 is 0 Å². The van der Waals surface area contributed by atoms with E-state index in [1.807, 2.05) is 6.92 Å². The third kappa shape index (κ3) is 1.94. The molecule has 1 nitrogen and oxygen atoms in total. The van der Waals surface area contributed by atoms with Crippen molar-refractivity contribution >= 4 is 21.6 Å². The smallest absolute Gasteiger partial charge is 0.150 e. The Balaban J connectivity index is 3.10. The molecule has 0 saturated carbocycles. The average molecular weight is 236 g/mol. The zero-order chi connectivity index (χ0) is 9.14. The maximum Gasteiger partial charge on any atom is 0.150 e. The fraction of sp³-hybridized carbons (Fsp3) is 0.250. The summed E-state index contributed by atoms with van der Waals surface area (Å²) < 4.78 is 25.9. The second-order valence-electron chi connectivity index (χ2n) is 2.27. The van der Waals surface area contributed by atoms with Gasteiger partial charge < -0.3 is 5.32 Å². The van der Waals surface area contributed by atoms with Gasteiger partial charge in [-0.1, -0.05) is 0 Å². The lowest BCUT2D eigenvalue weighted by molar-refractivity contribution is 0.584. The van der Waals surface area contributed by atoms with Crippen LogP contribution in [0.4, 0.5) is 14.5 Å². The molecule has 0 amide bonds. The summed E-state index contributed by atoms with van der Waals surface area (Å²) in [4.78, 5) is 0. The van der Waals surface area contributed by atoms with Crippen LogP contribution in [0.3, 0.4) is 0 Å². The van der Waals surface area contributed by atoms with Crippen LogP contribution in [-0.4, -0.2) is 6.54 Å². The van der Waals surface area contributed by atoms with Gasteiger partial charge in [0.05, 0.1) is 5.69 Å². The number of halogens is 3. The van der Waals surface area contributed by atoms with Crippen LogP contribution in [0, 0.1) is 11.6 Å². The molecule has 0 atom stereocenters. The number of benzene rings is 1. The Morgan fingerprint density at radius 1 is 1.42 bits per heavy atom. The molecule has 0 fully saturated rings. The lowest BCUT2D eigenvalue weighted by Gasteiger charge is -2.06. The van der Waals surface area contributed by atoms with Crippen LogP contribution in [0.5, 0.6) is 0 Å². The van der Waals surface area contributed by atoms with Crippen molar-refractivity contribution in [3.63, 3.8) is 0 Å². The van der Waals surface area contributed by atoms with E-state index in [-0.39, 0.29) is 0 Å². The Labute approximate surface area is 77.9 Å². The molecule has 4 heteroatoms. The molecule has 0 heterocycles. The Hall–Kier alpha value is -0.640. The molecule has 1 rings (SSSR count). The van der Waals surface area contributed by atoms with E-state index in [4.69, 9.17) is 0 Å². The second kappa shape index (κ2) is 3.85. The number of hydrogen-bond acceptors (Lipinski definition) is 1.